The van der Waals surface area contributed by atoms with Gasteiger partial charge in [-0.25, -0.2) is 0 Å². The van der Waals surface area contributed by atoms with Crippen LogP contribution in [-0.2, 0) is 17.4 Å². The molecule has 0 unspecified atom stereocenters. The summed E-state index contributed by atoms with van der Waals surface area (Å²) in [4.78, 5) is 0. The Labute approximate surface area is 181 Å². The summed E-state index contributed by atoms with van der Waals surface area (Å²) in [5, 5.41) is 10.0. The topological polar surface area (TPSA) is 0 Å². The molecular formula is C28H18Cr. The van der Waals surface area contributed by atoms with E-state index >= 15 is 0 Å². The largest absolute Gasteiger partial charge is 2.00 e. The minimum atomic E-state index is 0. The minimum absolute atomic E-state index is 0. The first-order valence-electron chi connectivity index (χ1n) is 9.45. The van der Waals surface area contributed by atoms with Gasteiger partial charge in [-0.15, -0.1) is 82.2 Å². The minimum Gasteiger partial charge on any atom is -0.147 e. The van der Waals surface area contributed by atoms with Gasteiger partial charge in [0.2, 0.25) is 0 Å². The van der Waals surface area contributed by atoms with Crippen molar-refractivity contribution in [3.63, 3.8) is 0 Å². The second-order valence-electron chi connectivity index (χ2n) is 6.91. The molecule has 0 nitrogen and oxygen atoms in total. The Morgan fingerprint density at radius 2 is 0.724 bits per heavy atom. The van der Waals surface area contributed by atoms with E-state index in [1.165, 1.54) is 43.1 Å². The van der Waals surface area contributed by atoms with E-state index in [1.807, 2.05) is 24.3 Å². The van der Waals surface area contributed by atoms with Crippen LogP contribution in [0.5, 0.6) is 0 Å². The Balaban J connectivity index is 0.000000137. The summed E-state index contributed by atoms with van der Waals surface area (Å²) in [6, 6.07) is 44.3. The third-order valence-electron chi connectivity index (χ3n) is 5.06. The van der Waals surface area contributed by atoms with Gasteiger partial charge < -0.3 is 0 Å². The summed E-state index contributed by atoms with van der Waals surface area (Å²) in [7, 11) is 0. The molecule has 6 aromatic rings. The van der Waals surface area contributed by atoms with Crippen LogP contribution < -0.4 is 0 Å². The monoisotopic (exact) mass is 406 g/mol. The second kappa shape index (κ2) is 8.50. The van der Waals surface area contributed by atoms with Gasteiger partial charge in [0, 0.05) is 0 Å². The molecule has 0 radical (unpaired) electrons. The Kier molecular flexibility index (Phi) is 5.63. The van der Waals surface area contributed by atoms with Gasteiger partial charge in [-0.2, -0.15) is 0 Å². The number of hydrogen-bond donors (Lipinski definition) is 0. The molecule has 0 atom stereocenters. The third-order valence-corrected chi connectivity index (χ3v) is 5.06. The van der Waals surface area contributed by atoms with Crippen LogP contribution in [0.25, 0.3) is 43.1 Å². The summed E-state index contributed by atoms with van der Waals surface area (Å²) in [5.41, 5.74) is 0. The first kappa shape index (κ1) is 19.2. The summed E-state index contributed by atoms with van der Waals surface area (Å²) in [6.07, 6.45) is 0. The van der Waals surface area contributed by atoms with E-state index in [9.17, 15) is 0 Å². The van der Waals surface area contributed by atoms with Crippen LogP contribution in [0.4, 0.5) is 0 Å². The van der Waals surface area contributed by atoms with Crippen LogP contribution in [0.3, 0.4) is 0 Å². The van der Waals surface area contributed by atoms with Gasteiger partial charge >= 0.3 is 17.4 Å². The first-order chi connectivity index (χ1) is 13.9. The standard InChI is InChI=1S/2C14H9.Cr/c2*1-2-6-12-10-14-8-4-3-7-13(14)9-11(12)5-1;/h2*1-7,9-10H;/q2*-1;+2. The van der Waals surface area contributed by atoms with Crippen molar-refractivity contribution in [2.24, 2.45) is 0 Å². The SMILES string of the molecule is [Cr+2].[c-]1cccc2cc3ccccc3cc12.[c-]1cccc2cc3ccccc3cc12. The van der Waals surface area contributed by atoms with Gasteiger partial charge in [0.1, 0.15) is 0 Å². The Morgan fingerprint density at radius 1 is 0.379 bits per heavy atom. The van der Waals surface area contributed by atoms with Crippen molar-refractivity contribution in [2.45, 2.75) is 0 Å². The van der Waals surface area contributed by atoms with E-state index in [0.29, 0.717) is 0 Å². The van der Waals surface area contributed by atoms with Crippen molar-refractivity contribution in [1.29, 1.82) is 0 Å². The van der Waals surface area contributed by atoms with Crippen LogP contribution in [0, 0.1) is 12.1 Å². The zero-order valence-electron chi connectivity index (χ0n) is 15.8. The van der Waals surface area contributed by atoms with Crippen LogP contribution in [0.1, 0.15) is 0 Å². The van der Waals surface area contributed by atoms with Crippen molar-refractivity contribution in [2.75, 3.05) is 0 Å². The van der Waals surface area contributed by atoms with Gasteiger partial charge in [0.05, 0.1) is 0 Å². The van der Waals surface area contributed by atoms with Gasteiger partial charge in [0.15, 0.2) is 0 Å². The molecule has 0 bridgehead atoms. The molecule has 1 heteroatoms. The maximum Gasteiger partial charge on any atom is 2.00 e. The number of fused-ring (bicyclic) bond motifs is 4. The predicted molar refractivity (Wildman–Crippen MR) is 121 cm³/mol. The Hall–Kier alpha value is -3.11. The molecule has 0 aliphatic rings. The van der Waals surface area contributed by atoms with Crippen molar-refractivity contribution >= 4 is 43.1 Å². The van der Waals surface area contributed by atoms with E-state index in [2.05, 4.69) is 97.1 Å². The number of hydrogen-bond acceptors (Lipinski definition) is 0. The molecule has 0 saturated heterocycles. The maximum atomic E-state index is 3.24. The van der Waals surface area contributed by atoms with Crippen molar-refractivity contribution < 1.29 is 17.4 Å². The average molecular weight is 406 g/mol. The van der Waals surface area contributed by atoms with Crippen molar-refractivity contribution in [3.8, 4) is 0 Å². The zero-order valence-corrected chi connectivity index (χ0v) is 17.1. The molecule has 6 rings (SSSR count). The molecule has 136 valence electrons. The molecule has 0 aliphatic heterocycles. The second-order valence-corrected chi connectivity index (χ2v) is 6.91. The maximum absolute atomic E-state index is 3.24. The van der Waals surface area contributed by atoms with Gasteiger partial charge in [-0.3, -0.25) is 0 Å². The van der Waals surface area contributed by atoms with Gasteiger partial charge in [-0.1, -0.05) is 71.4 Å². The fourth-order valence-electron chi connectivity index (χ4n) is 3.62. The van der Waals surface area contributed by atoms with E-state index in [1.54, 1.807) is 0 Å². The molecular weight excluding hydrogens is 388 g/mol. The van der Waals surface area contributed by atoms with E-state index in [0.717, 1.165) is 0 Å². The van der Waals surface area contributed by atoms with Gasteiger partial charge in [0.25, 0.3) is 0 Å². The van der Waals surface area contributed by atoms with Crippen LogP contribution in [-0.4, -0.2) is 0 Å². The summed E-state index contributed by atoms with van der Waals surface area (Å²) in [5.74, 6) is 0. The number of benzene rings is 6. The molecule has 0 aromatic heterocycles. The summed E-state index contributed by atoms with van der Waals surface area (Å²) < 4.78 is 0. The Bertz CT molecular complexity index is 1090. The van der Waals surface area contributed by atoms with E-state index in [-0.39, 0.29) is 17.4 Å². The van der Waals surface area contributed by atoms with Gasteiger partial charge in [-0.05, 0) is 10.8 Å². The van der Waals surface area contributed by atoms with Crippen molar-refractivity contribution in [3.05, 3.63) is 121 Å². The predicted octanol–water partition coefficient (Wildman–Crippen LogP) is 7.58. The van der Waals surface area contributed by atoms with E-state index < -0.39 is 0 Å². The molecule has 0 heterocycles. The molecule has 0 fully saturated rings. The zero-order chi connectivity index (χ0) is 18.8. The molecule has 29 heavy (non-hydrogen) atoms. The Morgan fingerprint density at radius 3 is 1.14 bits per heavy atom. The normalized spacial score (nSPS) is 10.5. The fraction of sp³-hybridized carbons (Fsp3) is 0. The molecule has 0 aliphatic carbocycles. The average Bonchev–Trinajstić information content (AvgIpc) is 2.76. The summed E-state index contributed by atoms with van der Waals surface area (Å²) >= 11 is 0. The smallest absolute Gasteiger partial charge is 0.147 e. The quantitative estimate of drug-likeness (QED) is 0.180. The fourth-order valence-corrected chi connectivity index (χ4v) is 3.62. The third kappa shape index (κ3) is 4.03. The molecule has 0 N–H and O–H groups in total. The van der Waals surface area contributed by atoms with Crippen molar-refractivity contribution in [1.82, 2.24) is 0 Å². The molecule has 0 amide bonds. The first-order valence-corrected chi connectivity index (χ1v) is 9.45. The summed E-state index contributed by atoms with van der Waals surface area (Å²) in [6.45, 7) is 0. The molecule has 0 saturated carbocycles. The number of rotatable bonds is 0. The van der Waals surface area contributed by atoms with Crippen LogP contribution >= 0.6 is 0 Å². The molecule has 0 spiro atoms. The van der Waals surface area contributed by atoms with Crippen LogP contribution in [0.15, 0.2) is 109 Å². The molecule has 6 aromatic carbocycles. The van der Waals surface area contributed by atoms with Crippen LogP contribution in [0.2, 0.25) is 0 Å². The van der Waals surface area contributed by atoms with E-state index in [4.69, 9.17) is 0 Å².